The van der Waals surface area contributed by atoms with Crippen LogP contribution in [0.1, 0.15) is 40.4 Å². The molecule has 0 aromatic heterocycles. The third kappa shape index (κ3) is 5.03. The molecule has 0 radical (unpaired) electrons. The topological polar surface area (TPSA) is 41.1 Å². The second-order valence-corrected chi connectivity index (χ2v) is 8.02. The van der Waals surface area contributed by atoms with Gasteiger partial charge in [0.25, 0.3) is 5.91 Å². The molecule has 1 amide bonds. The zero-order chi connectivity index (χ0) is 19.2. The lowest BCUT2D eigenvalue weighted by Gasteiger charge is -2.14. The van der Waals surface area contributed by atoms with Gasteiger partial charge in [-0.3, -0.25) is 4.79 Å². The monoisotopic (exact) mass is 406 g/mol. The molecular weight excluding hydrogens is 383 g/mol. The highest BCUT2D eigenvalue weighted by molar-refractivity contribution is 7.98. The summed E-state index contributed by atoms with van der Waals surface area (Å²) in [5.41, 5.74) is 3.56. The van der Waals surface area contributed by atoms with Gasteiger partial charge in [0, 0.05) is 17.2 Å². The van der Waals surface area contributed by atoms with Gasteiger partial charge >= 0.3 is 0 Å². The minimum absolute atomic E-state index is 0.0925. The molecule has 0 unspecified atom stereocenters. The predicted molar refractivity (Wildman–Crippen MR) is 110 cm³/mol. The fourth-order valence-electron chi connectivity index (χ4n) is 3.19. The van der Waals surface area contributed by atoms with E-state index in [9.17, 15) is 9.18 Å². The van der Waals surface area contributed by atoms with Gasteiger partial charge in [-0.2, -0.15) is 0 Å². The van der Waals surface area contributed by atoms with Crippen molar-refractivity contribution in [2.24, 2.45) is 0 Å². The van der Waals surface area contributed by atoms with Gasteiger partial charge in [0.2, 0.25) is 0 Å². The SMILES string of the molecule is CCCNC(=O)c1ccc(CSc2c(Cl)ccc3c2CCNCC3)cc1F. The molecule has 6 heteroatoms. The maximum absolute atomic E-state index is 14.4. The number of hydrogen-bond donors (Lipinski definition) is 2. The standard InChI is InChI=1S/C21H24ClFN2OS/c1-2-9-25-21(26)17-5-3-14(12-19(17)23)13-27-20-16-8-11-24-10-7-15(16)4-6-18(20)22/h3-6,12,24H,2,7-11,13H2,1H3,(H,25,26). The zero-order valence-corrected chi connectivity index (χ0v) is 17.0. The van der Waals surface area contributed by atoms with Gasteiger partial charge in [0.1, 0.15) is 5.82 Å². The first-order chi connectivity index (χ1) is 13.1. The molecular formula is C21H24ClFN2OS. The Labute approximate surface area is 169 Å². The average Bonchev–Trinajstić information content (AvgIpc) is 2.91. The van der Waals surface area contributed by atoms with Gasteiger partial charge < -0.3 is 10.6 Å². The Balaban J connectivity index is 1.74. The molecule has 0 bridgehead atoms. The molecule has 2 aromatic rings. The second-order valence-electron chi connectivity index (χ2n) is 6.62. The van der Waals surface area contributed by atoms with Gasteiger partial charge in [-0.15, -0.1) is 11.8 Å². The van der Waals surface area contributed by atoms with E-state index in [4.69, 9.17) is 11.6 Å². The minimum Gasteiger partial charge on any atom is -0.352 e. The Bertz CT molecular complexity index is 828. The second kappa shape index (κ2) is 9.58. The number of carbonyl (C=O) groups is 1. The first kappa shape index (κ1) is 20.2. The third-order valence-electron chi connectivity index (χ3n) is 4.63. The number of nitrogens with one attached hydrogen (secondary N) is 2. The van der Waals surface area contributed by atoms with Crippen molar-refractivity contribution in [3.05, 3.63) is 63.4 Å². The largest absolute Gasteiger partial charge is 0.352 e. The van der Waals surface area contributed by atoms with Crippen LogP contribution in [0.2, 0.25) is 5.02 Å². The summed E-state index contributed by atoms with van der Waals surface area (Å²) in [6.45, 7) is 4.42. The van der Waals surface area contributed by atoms with Crippen LogP contribution in [0.3, 0.4) is 0 Å². The number of carbonyl (C=O) groups excluding carboxylic acids is 1. The summed E-state index contributed by atoms with van der Waals surface area (Å²) in [7, 11) is 0. The van der Waals surface area contributed by atoms with Crippen molar-refractivity contribution in [2.75, 3.05) is 19.6 Å². The third-order valence-corrected chi connectivity index (χ3v) is 6.29. The fourth-order valence-corrected chi connectivity index (χ4v) is 4.63. The lowest BCUT2D eigenvalue weighted by Crippen LogP contribution is -2.24. The van der Waals surface area contributed by atoms with E-state index in [0.29, 0.717) is 12.3 Å². The summed E-state index contributed by atoms with van der Waals surface area (Å²) in [6, 6.07) is 8.89. The number of fused-ring (bicyclic) bond motifs is 1. The van der Waals surface area contributed by atoms with Crippen molar-refractivity contribution in [1.29, 1.82) is 0 Å². The number of rotatable bonds is 6. The van der Waals surface area contributed by atoms with Gasteiger partial charge in [0.15, 0.2) is 0 Å². The first-order valence-corrected chi connectivity index (χ1v) is 10.7. The number of halogens is 2. The van der Waals surface area contributed by atoms with Crippen LogP contribution in [0.15, 0.2) is 35.2 Å². The Kier molecular flexibility index (Phi) is 7.16. The highest BCUT2D eigenvalue weighted by atomic mass is 35.5. The van der Waals surface area contributed by atoms with E-state index >= 15 is 0 Å². The summed E-state index contributed by atoms with van der Waals surface area (Å²) < 4.78 is 14.4. The van der Waals surface area contributed by atoms with Crippen molar-refractivity contribution in [2.45, 2.75) is 36.8 Å². The van der Waals surface area contributed by atoms with E-state index < -0.39 is 5.82 Å². The van der Waals surface area contributed by atoms with Gasteiger partial charge in [-0.05, 0) is 67.2 Å². The molecule has 1 heterocycles. The molecule has 2 N–H and O–H groups in total. The van der Waals surface area contributed by atoms with E-state index in [0.717, 1.165) is 47.8 Å². The average molecular weight is 407 g/mol. The Morgan fingerprint density at radius 3 is 2.85 bits per heavy atom. The minimum atomic E-state index is -0.483. The van der Waals surface area contributed by atoms with Crippen LogP contribution in [0, 0.1) is 5.82 Å². The lowest BCUT2D eigenvalue weighted by molar-refractivity contribution is 0.0949. The van der Waals surface area contributed by atoms with E-state index in [2.05, 4.69) is 16.7 Å². The van der Waals surface area contributed by atoms with Crippen molar-refractivity contribution < 1.29 is 9.18 Å². The molecule has 0 aliphatic carbocycles. The van der Waals surface area contributed by atoms with Gasteiger partial charge in [-0.1, -0.05) is 30.7 Å². The summed E-state index contributed by atoms with van der Waals surface area (Å²) in [5, 5.41) is 6.87. The van der Waals surface area contributed by atoms with Crippen LogP contribution in [0.5, 0.6) is 0 Å². The normalized spacial score (nSPS) is 13.7. The number of thioether (sulfide) groups is 1. The highest BCUT2D eigenvalue weighted by Crippen LogP contribution is 2.36. The molecule has 3 rings (SSSR count). The van der Waals surface area contributed by atoms with Crippen LogP contribution in [-0.2, 0) is 18.6 Å². The smallest absolute Gasteiger partial charge is 0.254 e. The zero-order valence-electron chi connectivity index (χ0n) is 15.4. The van der Waals surface area contributed by atoms with Crippen molar-refractivity contribution >= 4 is 29.3 Å². The molecule has 2 aromatic carbocycles. The highest BCUT2D eigenvalue weighted by Gasteiger charge is 2.16. The van der Waals surface area contributed by atoms with E-state index in [1.54, 1.807) is 17.8 Å². The molecule has 1 aliphatic rings. The quantitative estimate of drug-likeness (QED) is 0.689. The summed E-state index contributed by atoms with van der Waals surface area (Å²) in [5.74, 6) is -0.237. The summed E-state index contributed by atoms with van der Waals surface area (Å²) in [4.78, 5) is 13.1. The molecule has 144 valence electrons. The van der Waals surface area contributed by atoms with Crippen LogP contribution in [0.25, 0.3) is 0 Å². The first-order valence-electron chi connectivity index (χ1n) is 9.30. The molecule has 0 fully saturated rings. The van der Waals surface area contributed by atoms with Crippen molar-refractivity contribution in [1.82, 2.24) is 10.6 Å². The van der Waals surface area contributed by atoms with Crippen molar-refractivity contribution in [3.8, 4) is 0 Å². The van der Waals surface area contributed by atoms with Crippen LogP contribution in [0.4, 0.5) is 4.39 Å². The maximum atomic E-state index is 14.4. The van der Waals surface area contributed by atoms with E-state index in [-0.39, 0.29) is 11.5 Å². The van der Waals surface area contributed by atoms with E-state index in [1.807, 2.05) is 19.1 Å². The summed E-state index contributed by atoms with van der Waals surface area (Å²) in [6.07, 6.45) is 2.76. The maximum Gasteiger partial charge on any atom is 0.254 e. The van der Waals surface area contributed by atoms with Crippen LogP contribution >= 0.6 is 23.4 Å². The number of benzene rings is 2. The Morgan fingerprint density at radius 2 is 2.07 bits per heavy atom. The molecule has 0 atom stereocenters. The molecule has 27 heavy (non-hydrogen) atoms. The lowest BCUT2D eigenvalue weighted by atomic mass is 10.0. The van der Waals surface area contributed by atoms with Crippen molar-refractivity contribution in [3.63, 3.8) is 0 Å². The molecule has 0 saturated carbocycles. The van der Waals surface area contributed by atoms with E-state index in [1.165, 1.54) is 17.2 Å². The Hall–Kier alpha value is -1.56. The molecule has 3 nitrogen and oxygen atoms in total. The predicted octanol–water partition coefficient (Wildman–Crippen LogP) is 4.60. The van der Waals surface area contributed by atoms with Gasteiger partial charge in [-0.25, -0.2) is 4.39 Å². The number of hydrogen-bond acceptors (Lipinski definition) is 3. The van der Waals surface area contributed by atoms with Crippen LogP contribution < -0.4 is 10.6 Å². The Morgan fingerprint density at radius 1 is 1.26 bits per heavy atom. The molecule has 1 aliphatic heterocycles. The summed E-state index contributed by atoms with van der Waals surface area (Å²) >= 11 is 8.09. The van der Waals surface area contributed by atoms with Gasteiger partial charge in [0.05, 0.1) is 10.6 Å². The molecule has 0 spiro atoms. The number of amides is 1. The molecule has 0 saturated heterocycles. The fraction of sp³-hybridized carbons (Fsp3) is 0.381. The van der Waals surface area contributed by atoms with Crippen LogP contribution in [-0.4, -0.2) is 25.5 Å².